The first-order valence-corrected chi connectivity index (χ1v) is 4.94. The van der Waals surface area contributed by atoms with Crippen LogP contribution < -0.4 is 0 Å². The monoisotopic (exact) mass is 195 g/mol. The van der Waals surface area contributed by atoms with Crippen LogP contribution in [0.1, 0.15) is 42.7 Å². The second kappa shape index (κ2) is 3.44. The number of fused-ring (bicyclic) bond motifs is 1. The number of carboxylic acids is 1. The first kappa shape index (κ1) is 9.24. The maximum absolute atomic E-state index is 10.9. The summed E-state index contributed by atoms with van der Waals surface area (Å²) in [6.07, 6.45) is 3.46. The molecule has 0 fully saturated rings. The summed E-state index contributed by atoms with van der Waals surface area (Å²) in [7, 11) is 0. The maximum Gasteiger partial charge on any atom is 0.314 e. The SMILES string of the molecule is CCC(C(=O)O)c1onc2c1CCC2. The molecule has 0 saturated heterocycles. The number of hydrogen-bond acceptors (Lipinski definition) is 3. The van der Waals surface area contributed by atoms with Crippen molar-refractivity contribution in [2.45, 2.75) is 38.5 Å². The van der Waals surface area contributed by atoms with Crippen molar-refractivity contribution in [1.29, 1.82) is 0 Å². The highest BCUT2D eigenvalue weighted by Gasteiger charge is 2.29. The molecule has 4 heteroatoms. The van der Waals surface area contributed by atoms with E-state index >= 15 is 0 Å². The smallest absolute Gasteiger partial charge is 0.314 e. The highest BCUT2D eigenvalue weighted by Crippen LogP contribution is 2.31. The molecular weight excluding hydrogens is 182 g/mol. The second-order valence-electron chi connectivity index (χ2n) is 3.62. The Hall–Kier alpha value is -1.32. The van der Waals surface area contributed by atoms with Gasteiger partial charge in [0.2, 0.25) is 0 Å². The molecule has 1 N–H and O–H groups in total. The minimum Gasteiger partial charge on any atom is -0.481 e. The molecule has 0 aliphatic heterocycles. The van der Waals surface area contributed by atoms with Gasteiger partial charge in [-0.05, 0) is 25.7 Å². The maximum atomic E-state index is 10.9. The van der Waals surface area contributed by atoms with E-state index in [-0.39, 0.29) is 0 Å². The van der Waals surface area contributed by atoms with Crippen LogP contribution in [0.25, 0.3) is 0 Å². The fourth-order valence-electron chi connectivity index (χ4n) is 2.00. The zero-order valence-electron chi connectivity index (χ0n) is 8.12. The van der Waals surface area contributed by atoms with E-state index in [4.69, 9.17) is 9.63 Å². The molecule has 4 nitrogen and oxygen atoms in total. The van der Waals surface area contributed by atoms with Crippen LogP contribution in [0.2, 0.25) is 0 Å². The molecule has 1 heterocycles. The molecular formula is C10H13NO3. The Balaban J connectivity index is 2.35. The fourth-order valence-corrected chi connectivity index (χ4v) is 2.00. The third-order valence-corrected chi connectivity index (χ3v) is 2.76. The van der Waals surface area contributed by atoms with Gasteiger partial charge in [-0.15, -0.1) is 0 Å². The van der Waals surface area contributed by atoms with E-state index in [2.05, 4.69) is 5.16 Å². The van der Waals surface area contributed by atoms with Crippen LogP contribution in [0.15, 0.2) is 4.52 Å². The third-order valence-electron chi connectivity index (χ3n) is 2.76. The average Bonchev–Trinajstić information content (AvgIpc) is 2.69. The molecule has 0 radical (unpaired) electrons. The standard InChI is InChI=1S/C10H13NO3/c1-2-6(10(12)13)9-7-4-3-5-8(7)11-14-9/h6H,2-5H2,1H3,(H,12,13). The van der Waals surface area contributed by atoms with Gasteiger partial charge in [-0.3, -0.25) is 4.79 Å². The van der Waals surface area contributed by atoms with E-state index in [0.29, 0.717) is 12.2 Å². The molecule has 0 saturated carbocycles. The van der Waals surface area contributed by atoms with Crippen LogP contribution in [-0.4, -0.2) is 16.2 Å². The minimum absolute atomic E-state index is 0.524. The van der Waals surface area contributed by atoms with Crippen molar-refractivity contribution in [3.8, 4) is 0 Å². The zero-order valence-corrected chi connectivity index (χ0v) is 8.12. The number of aliphatic carboxylic acids is 1. The summed E-state index contributed by atoms with van der Waals surface area (Å²) in [5.74, 6) is -0.768. The number of nitrogens with zero attached hydrogens (tertiary/aromatic N) is 1. The summed E-state index contributed by atoms with van der Waals surface area (Å²) in [6.45, 7) is 1.85. The lowest BCUT2D eigenvalue weighted by Gasteiger charge is -2.06. The van der Waals surface area contributed by atoms with E-state index < -0.39 is 11.9 Å². The van der Waals surface area contributed by atoms with E-state index in [1.165, 1.54) is 0 Å². The fraction of sp³-hybridized carbons (Fsp3) is 0.600. The number of aryl methyl sites for hydroxylation is 1. The van der Waals surface area contributed by atoms with Gasteiger partial charge in [-0.25, -0.2) is 0 Å². The molecule has 1 aliphatic rings. The molecule has 2 rings (SSSR count). The Morgan fingerprint density at radius 3 is 3.07 bits per heavy atom. The first-order valence-electron chi connectivity index (χ1n) is 4.94. The molecule has 1 aliphatic carbocycles. The molecule has 0 spiro atoms. The van der Waals surface area contributed by atoms with Crippen molar-refractivity contribution >= 4 is 5.97 Å². The molecule has 14 heavy (non-hydrogen) atoms. The van der Waals surface area contributed by atoms with Crippen molar-refractivity contribution in [1.82, 2.24) is 5.16 Å². The van der Waals surface area contributed by atoms with Crippen LogP contribution in [0.3, 0.4) is 0 Å². The highest BCUT2D eigenvalue weighted by atomic mass is 16.5. The summed E-state index contributed by atoms with van der Waals surface area (Å²) in [6, 6.07) is 0. The summed E-state index contributed by atoms with van der Waals surface area (Å²) in [5.41, 5.74) is 2.00. The highest BCUT2D eigenvalue weighted by molar-refractivity contribution is 5.75. The molecule has 0 amide bonds. The van der Waals surface area contributed by atoms with Gasteiger partial charge >= 0.3 is 5.97 Å². The lowest BCUT2D eigenvalue weighted by atomic mass is 9.99. The van der Waals surface area contributed by atoms with Gasteiger partial charge in [0.05, 0.1) is 5.69 Å². The zero-order chi connectivity index (χ0) is 10.1. The Kier molecular flexibility index (Phi) is 2.27. The number of aromatic nitrogens is 1. The topological polar surface area (TPSA) is 63.3 Å². The van der Waals surface area contributed by atoms with E-state index in [1.807, 2.05) is 6.92 Å². The summed E-state index contributed by atoms with van der Waals surface area (Å²) >= 11 is 0. The molecule has 76 valence electrons. The predicted molar refractivity (Wildman–Crippen MR) is 49.2 cm³/mol. The van der Waals surface area contributed by atoms with Gasteiger partial charge < -0.3 is 9.63 Å². The Morgan fingerprint density at radius 2 is 2.43 bits per heavy atom. The van der Waals surface area contributed by atoms with Gasteiger partial charge in [-0.1, -0.05) is 12.1 Å². The van der Waals surface area contributed by atoms with Crippen molar-refractivity contribution in [2.75, 3.05) is 0 Å². The molecule has 1 aromatic heterocycles. The van der Waals surface area contributed by atoms with Crippen LogP contribution in [0.4, 0.5) is 0 Å². The normalized spacial score (nSPS) is 16.6. The van der Waals surface area contributed by atoms with E-state index in [1.54, 1.807) is 0 Å². The number of carboxylic acid groups (broad SMARTS) is 1. The minimum atomic E-state index is -0.821. The van der Waals surface area contributed by atoms with E-state index in [9.17, 15) is 4.79 Å². The summed E-state index contributed by atoms with van der Waals surface area (Å²) in [4.78, 5) is 10.9. The molecule has 1 unspecified atom stereocenters. The van der Waals surface area contributed by atoms with Crippen LogP contribution >= 0.6 is 0 Å². The van der Waals surface area contributed by atoms with Crippen molar-refractivity contribution < 1.29 is 14.4 Å². The van der Waals surface area contributed by atoms with Crippen molar-refractivity contribution in [3.05, 3.63) is 17.0 Å². The third kappa shape index (κ3) is 1.31. The van der Waals surface area contributed by atoms with Crippen LogP contribution in [0.5, 0.6) is 0 Å². The quantitative estimate of drug-likeness (QED) is 0.797. The number of rotatable bonds is 3. The molecule has 0 bridgehead atoms. The van der Waals surface area contributed by atoms with Crippen LogP contribution in [-0.2, 0) is 17.6 Å². The Labute approximate surface area is 81.9 Å². The van der Waals surface area contributed by atoms with Gasteiger partial charge in [0, 0.05) is 5.56 Å². The molecule has 1 atom stereocenters. The molecule has 0 aromatic carbocycles. The predicted octanol–water partition coefficient (Wildman–Crippen LogP) is 1.74. The van der Waals surface area contributed by atoms with Gasteiger partial charge in [0.25, 0.3) is 0 Å². The van der Waals surface area contributed by atoms with Crippen molar-refractivity contribution in [2.24, 2.45) is 0 Å². The lowest BCUT2D eigenvalue weighted by Crippen LogP contribution is -2.11. The first-order chi connectivity index (χ1) is 6.74. The van der Waals surface area contributed by atoms with Crippen LogP contribution in [0, 0.1) is 0 Å². The average molecular weight is 195 g/mol. The number of hydrogen-bond donors (Lipinski definition) is 1. The van der Waals surface area contributed by atoms with Gasteiger partial charge in [0.1, 0.15) is 5.92 Å². The van der Waals surface area contributed by atoms with E-state index in [0.717, 1.165) is 30.5 Å². The summed E-state index contributed by atoms with van der Waals surface area (Å²) < 4.78 is 5.12. The Bertz CT molecular complexity index is 356. The number of carbonyl (C=O) groups is 1. The Morgan fingerprint density at radius 1 is 1.64 bits per heavy atom. The van der Waals surface area contributed by atoms with Gasteiger partial charge in [-0.2, -0.15) is 0 Å². The van der Waals surface area contributed by atoms with Crippen molar-refractivity contribution in [3.63, 3.8) is 0 Å². The lowest BCUT2D eigenvalue weighted by molar-refractivity contribution is -0.139. The van der Waals surface area contributed by atoms with Gasteiger partial charge in [0.15, 0.2) is 5.76 Å². The second-order valence-corrected chi connectivity index (χ2v) is 3.62. The summed E-state index contributed by atoms with van der Waals surface area (Å²) in [5, 5.41) is 12.9. The largest absolute Gasteiger partial charge is 0.481 e. The molecule has 1 aromatic rings.